The molecule has 0 aromatic carbocycles. The van der Waals surface area contributed by atoms with Gasteiger partial charge < -0.3 is 4.74 Å². The summed E-state index contributed by atoms with van der Waals surface area (Å²) in [5.74, 6) is -0.433. The van der Waals surface area contributed by atoms with E-state index in [0.717, 1.165) is 5.03 Å². The number of nitrogens with zero attached hydrogens (tertiary/aromatic N) is 1. The van der Waals surface area contributed by atoms with Crippen molar-refractivity contribution in [3.63, 3.8) is 0 Å². The molecule has 0 spiro atoms. The van der Waals surface area contributed by atoms with Crippen LogP contribution in [0.15, 0.2) is 17.3 Å². The van der Waals surface area contributed by atoms with E-state index in [1.165, 1.54) is 18.0 Å². The van der Waals surface area contributed by atoms with E-state index in [1.807, 2.05) is 6.26 Å². The van der Waals surface area contributed by atoms with Gasteiger partial charge in [0.1, 0.15) is 0 Å². The molecule has 1 aromatic rings. The minimum atomic E-state index is -0.433. The van der Waals surface area contributed by atoms with Gasteiger partial charge in [-0.25, -0.2) is 9.78 Å². The number of aromatic nitrogens is 1. The van der Waals surface area contributed by atoms with E-state index < -0.39 is 5.97 Å². The molecule has 1 rings (SSSR count). The van der Waals surface area contributed by atoms with Crippen LogP contribution < -0.4 is 0 Å². The van der Waals surface area contributed by atoms with E-state index >= 15 is 0 Å². The third-order valence-corrected chi connectivity index (χ3v) is 2.49. The monoisotopic (exact) mass is 231 g/mol. The highest BCUT2D eigenvalue weighted by Crippen LogP contribution is 2.21. The Morgan fingerprint density at radius 3 is 2.93 bits per heavy atom. The molecule has 76 valence electrons. The zero-order valence-electron chi connectivity index (χ0n) is 7.91. The fourth-order valence-electron chi connectivity index (χ4n) is 0.884. The standard InChI is InChI=1S/C9H10ClNO2S/c1-3-13-9(12)6-5-11-8(14-2)4-7(6)10/h4-5H,3H2,1-2H3. The largest absolute Gasteiger partial charge is 0.462 e. The van der Waals surface area contributed by atoms with Crippen LogP contribution in [-0.2, 0) is 4.74 Å². The number of thioether (sulfide) groups is 1. The Morgan fingerprint density at radius 2 is 2.43 bits per heavy atom. The lowest BCUT2D eigenvalue weighted by Crippen LogP contribution is -2.06. The van der Waals surface area contributed by atoms with Gasteiger partial charge in [0.15, 0.2) is 0 Å². The first-order valence-electron chi connectivity index (χ1n) is 4.05. The van der Waals surface area contributed by atoms with Crippen molar-refractivity contribution in [3.05, 3.63) is 22.8 Å². The van der Waals surface area contributed by atoms with Gasteiger partial charge in [0.05, 0.1) is 22.2 Å². The van der Waals surface area contributed by atoms with Crippen LogP contribution in [0.3, 0.4) is 0 Å². The molecular formula is C9H10ClNO2S. The Morgan fingerprint density at radius 1 is 1.71 bits per heavy atom. The zero-order valence-corrected chi connectivity index (χ0v) is 9.48. The molecule has 1 aromatic heterocycles. The van der Waals surface area contributed by atoms with Gasteiger partial charge in [0, 0.05) is 6.20 Å². The molecule has 0 aliphatic rings. The van der Waals surface area contributed by atoms with Crippen LogP contribution in [0.5, 0.6) is 0 Å². The third-order valence-electron chi connectivity index (χ3n) is 1.53. The van der Waals surface area contributed by atoms with Crippen molar-refractivity contribution in [2.75, 3.05) is 12.9 Å². The number of hydrogen-bond donors (Lipinski definition) is 0. The number of esters is 1. The number of ether oxygens (including phenoxy) is 1. The molecule has 0 radical (unpaired) electrons. The van der Waals surface area contributed by atoms with Crippen molar-refractivity contribution in [2.24, 2.45) is 0 Å². The molecule has 5 heteroatoms. The van der Waals surface area contributed by atoms with Gasteiger partial charge in [-0.15, -0.1) is 11.8 Å². The van der Waals surface area contributed by atoms with Gasteiger partial charge in [-0.3, -0.25) is 0 Å². The predicted molar refractivity (Wildman–Crippen MR) is 57.0 cm³/mol. The molecule has 0 saturated heterocycles. The molecule has 14 heavy (non-hydrogen) atoms. The van der Waals surface area contributed by atoms with E-state index in [-0.39, 0.29) is 0 Å². The molecule has 3 nitrogen and oxygen atoms in total. The average Bonchev–Trinajstić information content (AvgIpc) is 2.17. The summed E-state index contributed by atoms with van der Waals surface area (Å²) in [4.78, 5) is 15.4. The number of carbonyl (C=O) groups excluding carboxylic acids is 1. The molecular weight excluding hydrogens is 222 g/mol. The summed E-state index contributed by atoms with van der Waals surface area (Å²) >= 11 is 7.35. The lowest BCUT2D eigenvalue weighted by atomic mass is 10.3. The van der Waals surface area contributed by atoms with Gasteiger partial charge in [-0.05, 0) is 19.2 Å². The van der Waals surface area contributed by atoms with Crippen molar-refractivity contribution in [2.45, 2.75) is 11.9 Å². The normalized spacial score (nSPS) is 9.93. The fourth-order valence-corrected chi connectivity index (χ4v) is 1.57. The van der Waals surface area contributed by atoms with E-state index in [9.17, 15) is 4.79 Å². The molecule has 0 unspecified atom stereocenters. The first-order chi connectivity index (χ1) is 6.69. The Hall–Kier alpha value is -0.740. The Bertz CT molecular complexity index is 344. The molecule has 0 bridgehead atoms. The summed E-state index contributed by atoms with van der Waals surface area (Å²) < 4.78 is 4.81. The fraction of sp³-hybridized carbons (Fsp3) is 0.333. The third kappa shape index (κ3) is 2.62. The summed E-state index contributed by atoms with van der Waals surface area (Å²) in [7, 11) is 0. The van der Waals surface area contributed by atoms with Crippen LogP contribution in [-0.4, -0.2) is 23.8 Å². The lowest BCUT2D eigenvalue weighted by molar-refractivity contribution is 0.0526. The number of carbonyl (C=O) groups is 1. The number of rotatable bonds is 3. The van der Waals surface area contributed by atoms with Crippen LogP contribution in [0.2, 0.25) is 5.02 Å². The van der Waals surface area contributed by atoms with Gasteiger partial charge in [0.25, 0.3) is 0 Å². The molecule has 0 atom stereocenters. The molecule has 1 heterocycles. The van der Waals surface area contributed by atoms with Crippen molar-refractivity contribution in [3.8, 4) is 0 Å². The quantitative estimate of drug-likeness (QED) is 0.592. The van der Waals surface area contributed by atoms with E-state index in [0.29, 0.717) is 17.2 Å². The number of halogens is 1. The topological polar surface area (TPSA) is 39.2 Å². The predicted octanol–water partition coefficient (Wildman–Crippen LogP) is 2.63. The van der Waals surface area contributed by atoms with Gasteiger partial charge in [-0.2, -0.15) is 0 Å². The second-order valence-corrected chi connectivity index (χ2v) is 3.66. The van der Waals surface area contributed by atoms with Gasteiger partial charge in [0.2, 0.25) is 0 Å². The summed E-state index contributed by atoms with van der Waals surface area (Å²) in [6.07, 6.45) is 3.33. The highest BCUT2D eigenvalue weighted by molar-refractivity contribution is 7.98. The molecule has 0 aliphatic carbocycles. The van der Waals surface area contributed by atoms with Crippen LogP contribution in [0.25, 0.3) is 0 Å². The second-order valence-electron chi connectivity index (χ2n) is 2.43. The minimum absolute atomic E-state index is 0.311. The Labute approximate surface area is 91.8 Å². The van der Waals surface area contributed by atoms with Crippen molar-refractivity contribution < 1.29 is 9.53 Å². The summed E-state index contributed by atoms with van der Waals surface area (Å²) in [5, 5.41) is 1.16. The number of hydrogen-bond acceptors (Lipinski definition) is 4. The zero-order chi connectivity index (χ0) is 10.6. The van der Waals surface area contributed by atoms with E-state index in [4.69, 9.17) is 16.3 Å². The Kier molecular flexibility index (Phi) is 4.22. The highest BCUT2D eigenvalue weighted by atomic mass is 35.5. The van der Waals surface area contributed by atoms with Gasteiger partial charge >= 0.3 is 5.97 Å². The maximum Gasteiger partial charge on any atom is 0.341 e. The maximum absolute atomic E-state index is 11.3. The molecule has 0 fully saturated rings. The smallest absolute Gasteiger partial charge is 0.341 e. The molecule has 0 aliphatic heterocycles. The lowest BCUT2D eigenvalue weighted by Gasteiger charge is -2.04. The maximum atomic E-state index is 11.3. The molecule has 0 saturated carbocycles. The van der Waals surface area contributed by atoms with E-state index in [1.54, 1.807) is 13.0 Å². The van der Waals surface area contributed by atoms with E-state index in [2.05, 4.69) is 4.98 Å². The summed E-state index contributed by atoms with van der Waals surface area (Å²) in [6.45, 7) is 2.08. The van der Waals surface area contributed by atoms with Crippen LogP contribution in [0.1, 0.15) is 17.3 Å². The first-order valence-corrected chi connectivity index (χ1v) is 5.66. The SMILES string of the molecule is CCOC(=O)c1cnc(SC)cc1Cl. The van der Waals surface area contributed by atoms with Crippen molar-refractivity contribution >= 4 is 29.3 Å². The number of pyridine rings is 1. The second kappa shape index (κ2) is 5.22. The molecule has 0 amide bonds. The van der Waals surface area contributed by atoms with Crippen LogP contribution >= 0.6 is 23.4 Å². The molecule has 0 N–H and O–H groups in total. The summed E-state index contributed by atoms with van der Waals surface area (Å²) in [6, 6.07) is 1.65. The minimum Gasteiger partial charge on any atom is -0.462 e. The Balaban J connectivity index is 2.94. The van der Waals surface area contributed by atoms with Crippen LogP contribution in [0.4, 0.5) is 0 Å². The van der Waals surface area contributed by atoms with Crippen molar-refractivity contribution in [1.82, 2.24) is 4.98 Å². The highest BCUT2D eigenvalue weighted by Gasteiger charge is 2.12. The van der Waals surface area contributed by atoms with Crippen molar-refractivity contribution in [1.29, 1.82) is 0 Å². The van der Waals surface area contributed by atoms with Gasteiger partial charge in [-0.1, -0.05) is 11.6 Å². The van der Waals surface area contributed by atoms with Crippen LogP contribution in [0, 0.1) is 0 Å². The summed E-state index contributed by atoms with van der Waals surface area (Å²) in [5.41, 5.74) is 0.311. The first kappa shape index (κ1) is 11.3. The average molecular weight is 232 g/mol.